The van der Waals surface area contributed by atoms with Crippen molar-refractivity contribution in [1.29, 1.82) is 0 Å². The molecule has 1 saturated carbocycles. The Hall–Kier alpha value is -2.21. The smallest absolute Gasteiger partial charge is 0.233 e. The summed E-state index contributed by atoms with van der Waals surface area (Å²) >= 11 is 3.48. The highest BCUT2D eigenvalue weighted by atomic mass is 79.9. The van der Waals surface area contributed by atoms with Crippen molar-refractivity contribution in [2.45, 2.75) is 44.1 Å². The van der Waals surface area contributed by atoms with Gasteiger partial charge in [-0.15, -0.1) is 0 Å². The van der Waals surface area contributed by atoms with Crippen molar-refractivity contribution in [2.24, 2.45) is 5.92 Å². The summed E-state index contributed by atoms with van der Waals surface area (Å²) in [5.41, 5.74) is 1.75. The first kappa shape index (κ1) is 20.1. The van der Waals surface area contributed by atoms with Gasteiger partial charge in [0.25, 0.3) is 0 Å². The lowest BCUT2D eigenvalue weighted by Gasteiger charge is -2.45. The van der Waals surface area contributed by atoms with E-state index < -0.39 is 0 Å². The second-order valence-electron chi connectivity index (χ2n) is 8.09. The molecule has 29 heavy (non-hydrogen) atoms. The van der Waals surface area contributed by atoms with E-state index in [1.165, 1.54) is 0 Å². The Morgan fingerprint density at radius 2 is 1.86 bits per heavy atom. The number of aromatic nitrogens is 1. The topological polar surface area (TPSA) is 62.3 Å². The molecule has 2 aliphatic rings. The van der Waals surface area contributed by atoms with Crippen molar-refractivity contribution in [3.8, 4) is 0 Å². The molecule has 0 unspecified atom stereocenters. The summed E-state index contributed by atoms with van der Waals surface area (Å²) in [4.78, 5) is 32.0. The molecule has 0 radical (unpaired) electrons. The fourth-order valence-electron chi connectivity index (χ4n) is 4.41. The average molecular weight is 456 g/mol. The monoisotopic (exact) mass is 455 g/mol. The number of amides is 2. The second kappa shape index (κ2) is 8.66. The first-order valence-corrected chi connectivity index (χ1v) is 11.1. The molecule has 1 saturated heterocycles. The van der Waals surface area contributed by atoms with E-state index in [0.29, 0.717) is 19.6 Å². The molecule has 2 heterocycles. The van der Waals surface area contributed by atoms with Gasteiger partial charge in [0.2, 0.25) is 11.8 Å². The highest BCUT2D eigenvalue weighted by molar-refractivity contribution is 9.10. The SMILES string of the molecule is O=C(NCc1cccnc1)C1CCN(C(=O)C2(c3ccc(Br)cc3)CCC2)CC1. The molecule has 2 amide bonds. The Morgan fingerprint density at radius 1 is 1.14 bits per heavy atom. The van der Waals surface area contributed by atoms with Gasteiger partial charge in [-0.05, 0) is 55.0 Å². The zero-order valence-corrected chi connectivity index (χ0v) is 18.0. The van der Waals surface area contributed by atoms with E-state index in [2.05, 4.69) is 38.4 Å². The number of benzene rings is 1. The summed E-state index contributed by atoms with van der Waals surface area (Å²) < 4.78 is 1.03. The highest BCUT2D eigenvalue weighted by Crippen LogP contribution is 2.46. The van der Waals surface area contributed by atoms with Crippen LogP contribution < -0.4 is 5.32 Å². The van der Waals surface area contributed by atoms with E-state index >= 15 is 0 Å². The molecule has 2 fully saturated rings. The van der Waals surface area contributed by atoms with Crippen molar-refractivity contribution in [1.82, 2.24) is 15.2 Å². The molecule has 0 atom stereocenters. The normalized spacial score (nSPS) is 18.7. The molecule has 0 bridgehead atoms. The summed E-state index contributed by atoms with van der Waals surface area (Å²) in [7, 11) is 0. The molecule has 1 N–H and O–H groups in total. The Kier molecular flexibility index (Phi) is 5.99. The van der Waals surface area contributed by atoms with Gasteiger partial charge < -0.3 is 10.2 Å². The van der Waals surface area contributed by atoms with Crippen LogP contribution >= 0.6 is 15.9 Å². The molecule has 6 heteroatoms. The van der Waals surface area contributed by atoms with Gasteiger partial charge in [0.1, 0.15) is 0 Å². The van der Waals surface area contributed by atoms with Crippen molar-refractivity contribution in [3.63, 3.8) is 0 Å². The predicted molar refractivity (Wildman–Crippen MR) is 115 cm³/mol. The number of carbonyl (C=O) groups excluding carboxylic acids is 2. The number of nitrogens with zero attached hydrogens (tertiary/aromatic N) is 2. The molecule has 0 spiro atoms. The largest absolute Gasteiger partial charge is 0.352 e. The van der Waals surface area contributed by atoms with Crippen LogP contribution in [0.15, 0.2) is 53.3 Å². The summed E-state index contributed by atoms with van der Waals surface area (Å²) in [5, 5.41) is 3.01. The van der Waals surface area contributed by atoms with Crippen LogP contribution in [0.4, 0.5) is 0 Å². The number of piperidine rings is 1. The maximum absolute atomic E-state index is 13.4. The Labute approximate surface area is 180 Å². The van der Waals surface area contributed by atoms with Gasteiger partial charge in [-0.1, -0.05) is 40.5 Å². The van der Waals surface area contributed by atoms with Crippen LogP contribution in [0.25, 0.3) is 0 Å². The van der Waals surface area contributed by atoms with Crippen molar-refractivity contribution >= 4 is 27.7 Å². The lowest BCUT2D eigenvalue weighted by atomic mass is 9.63. The second-order valence-corrected chi connectivity index (χ2v) is 9.00. The number of hydrogen-bond donors (Lipinski definition) is 1. The number of carbonyl (C=O) groups is 2. The van der Waals surface area contributed by atoms with E-state index in [0.717, 1.165) is 47.7 Å². The third-order valence-corrected chi connectivity index (χ3v) is 6.88. The third kappa shape index (κ3) is 4.22. The van der Waals surface area contributed by atoms with Crippen LogP contribution in [-0.4, -0.2) is 34.8 Å². The number of halogens is 1. The Morgan fingerprint density at radius 3 is 2.45 bits per heavy atom. The molecular formula is C23H26BrN3O2. The first-order chi connectivity index (χ1) is 14.1. The first-order valence-electron chi connectivity index (χ1n) is 10.3. The zero-order valence-electron chi connectivity index (χ0n) is 16.4. The van der Waals surface area contributed by atoms with Gasteiger partial charge in [0.15, 0.2) is 0 Å². The van der Waals surface area contributed by atoms with E-state index in [4.69, 9.17) is 0 Å². The van der Waals surface area contributed by atoms with E-state index in [1.54, 1.807) is 12.4 Å². The molecule has 152 valence electrons. The lowest BCUT2D eigenvalue weighted by molar-refractivity contribution is -0.144. The molecular weight excluding hydrogens is 430 g/mol. The fraction of sp³-hybridized carbons (Fsp3) is 0.435. The summed E-state index contributed by atoms with van der Waals surface area (Å²) in [6, 6.07) is 12.0. The van der Waals surface area contributed by atoms with Gasteiger partial charge in [0, 0.05) is 42.4 Å². The lowest BCUT2D eigenvalue weighted by Crippen LogP contribution is -2.53. The van der Waals surface area contributed by atoms with Crippen LogP contribution in [0.3, 0.4) is 0 Å². The van der Waals surface area contributed by atoms with Crippen molar-refractivity contribution in [3.05, 3.63) is 64.4 Å². The van der Waals surface area contributed by atoms with Crippen LogP contribution in [0, 0.1) is 5.92 Å². The standard InChI is InChI=1S/C23H26BrN3O2/c24-20-6-4-19(5-7-20)23(10-2-11-23)22(29)27-13-8-18(9-14-27)21(28)26-16-17-3-1-12-25-15-17/h1,3-7,12,15,18H,2,8-11,13-14,16H2,(H,26,28). The maximum atomic E-state index is 13.4. The van der Waals surface area contributed by atoms with Crippen LogP contribution in [0.1, 0.15) is 43.2 Å². The zero-order chi connectivity index (χ0) is 20.3. The molecule has 1 aliphatic heterocycles. The number of hydrogen-bond acceptors (Lipinski definition) is 3. The highest BCUT2D eigenvalue weighted by Gasteiger charge is 2.48. The number of likely N-dealkylation sites (tertiary alicyclic amines) is 1. The molecule has 1 aromatic heterocycles. The quantitative estimate of drug-likeness (QED) is 0.744. The van der Waals surface area contributed by atoms with Gasteiger partial charge in [0.05, 0.1) is 5.41 Å². The average Bonchev–Trinajstić information content (AvgIpc) is 2.73. The van der Waals surface area contributed by atoms with E-state index in [1.807, 2.05) is 29.2 Å². The maximum Gasteiger partial charge on any atom is 0.233 e. The minimum Gasteiger partial charge on any atom is -0.352 e. The Balaban J connectivity index is 1.33. The van der Waals surface area contributed by atoms with Crippen LogP contribution in [-0.2, 0) is 21.5 Å². The molecule has 1 aliphatic carbocycles. The molecule has 2 aromatic rings. The van der Waals surface area contributed by atoms with Crippen LogP contribution in [0.2, 0.25) is 0 Å². The fourth-order valence-corrected chi connectivity index (χ4v) is 4.67. The Bertz CT molecular complexity index is 857. The minimum atomic E-state index is -0.365. The summed E-state index contributed by atoms with van der Waals surface area (Å²) in [5.74, 6) is 0.285. The predicted octanol–water partition coefficient (Wildman–Crippen LogP) is 3.82. The van der Waals surface area contributed by atoms with Gasteiger partial charge in [-0.2, -0.15) is 0 Å². The summed E-state index contributed by atoms with van der Waals surface area (Å²) in [6.07, 6.45) is 7.86. The van der Waals surface area contributed by atoms with Crippen molar-refractivity contribution < 1.29 is 9.59 Å². The third-order valence-electron chi connectivity index (χ3n) is 6.36. The number of pyridine rings is 1. The molecule has 5 nitrogen and oxygen atoms in total. The van der Waals surface area contributed by atoms with Crippen molar-refractivity contribution in [2.75, 3.05) is 13.1 Å². The van der Waals surface area contributed by atoms with Crippen LogP contribution in [0.5, 0.6) is 0 Å². The number of rotatable bonds is 5. The molecule has 4 rings (SSSR count). The van der Waals surface area contributed by atoms with Gasteiger partial charge in [-0.25, -0.2) is 0 Å². The summed E-state index contributed by atoms with van der Waals surface area (Å²) in [6.45, 7) is 1.81. The minimum absolute atomic E-state index is 0.0271. The number of nitrogens with one attached hydrogen (secondary N) is 1. The van der Waals surface area contributed by atoms with E-state index in [-0.39, 0.29) is 23.1 Å². The van der Waals surface area contributed by atoms with Gasteiger partial charge in [-0.3, -0.25) is 14.6 Å². The molecule has 1 aromatic carbocycles. The van der Waals surface area contributed by atoms with E-state index in [9.17, 15) is 9.59 Å². The van der Waals surface area contributed by atoms with Gasteiger partial charge >= 0.3 is 0 Å².